The Hall–Kier alpha value is -1.70. The summed E-state index contributed by atoms with van der Waals surface area (Å²) in [5, 5.41) is 28.6. The van der Waals surface area contributed by atoms with E-state index in [1.165, 1.54) is 14.2 Å². The molecule has 6 N–H and O–H groups in total. The maximum absolute atomic E-state index is 10.7. The lowest BCUT2D eigenvalue weighted by molar-refractivity contribution is -0.141. The van der Waals surface area contributed by atoms with Gasteiger partial charge in [0.15, 0.2) is 0 Å². The summed E-state index contributed by atoms with van der Waals surface area (Å²) in [4.78, 5) is 41.6. The molecule has 0 saturated heterocycles. The molecule has 0 aromatic heterocycles. The van der Waals surface area contributed by atoms with Crippen LogP contribution in [0.1, 0.15) is 25.7 Å². The Morgan fingerprint density at radius 2 is 0.781 bits per heavy atom. The van der Waals surface area contributed by atoms with E-state index in [9.17, 15) is 19.2 Å². The van der Waals surface area contributed by atoms with Gasteiger partial charge in [0.1, 0.15) is 0 Å². The lowest BCUT2D eigenvalue weighted by atomic mass is 10.4. The van der Waals surface area contributed by atoms with Gasteiger partial charge in [0, 0.05) is 52.4 Å². The first-order valence-corrected chi connectivity index (χ1v) is 9.73. The zero-order chi connectivity index (χ0) is 23.0. The van der Waals surface area contributed by atoms with Gasteiger partial charge in [-0.05, 0) is 0 Å². The summed E-state index contributed by atoms with van der Waals surface area (Å²) in [5.74, 6) is -2.08. The van der Waals surface area contributed by atoms with E-state index >= 15 is 0 Å². The third-order valence-corrected chi connectivity index (χ3v) is 3.46. The molecule has 0 rings (SSSR count). The van der Waals surface area contributed by atoms with Gasteiger partial charge >= 0.3 is 23.9 Å². The summed E-state index contributed by atoms with van der Waals surface area (Å²) in [6.07, 6.45) is 0.960. The molecule has 0 aliphatic carbocycles. The van der Waals surface area contributed by atoms with Crippen LogP contribution in [0.15, 0.2) is 0 Å². The monoisotopic (exact) mass is 508 g/mol. The van der Waals surface area contributed by atoms with Crippen molar-refractivity contribution in [3.05, 3.63) is 0 Å². The van der Waals surface area contributed by atoms with Gasteiger partial charge in [0.2, 0.25) is 0 Å². The van der Waals surface area contributed by atoms with E-state index in [0.717, 1.165) is 13.1 Å². The number of hydrogen-bond acceptors (Lipinski definition) is 10. The summed E-state index contributed by atoms with van der Waals surface area (Å²) in [7, 11) is 2.74. The minimum Gasteiger partial charge on any atom is -0.481 e. The minimum atomic E-state index is -0.823. The molecule has 0 amide bonds. The molecule has 0 fully saturated rings. The van der Waals surface area contributed by atoms with Gasteiger partial charge in [0.25, 0.3) is 0 Å². The van der Waals surface area contributed by atoms with Crippen LogP contribution in [0.25, 0.3) is 0 Å². The zero-order valence-corrected chi connectivity index (χ0v) is 20.3. The Kier molecular flexibility index (Phi) is 34.4. The van der Waals surface area contributed by atoms with E-state index in [0.29, 0.717) is 52.1 Å². The quantitative estimate of drug-likeness (QED) is 0.101. The van der Waals surface area contributed by atoms with Gasteiger partial charge in [-0.15, -0.1) is 24.8 Å². The number of halogens is 2. The smallest absolute Gasteiger partial charge is 0.306 e. The SMILES string of the molecule is COC(=O)CCNCCNCCC(=O)OC.Cl.Cl.O=C(O)CCNCCNCCC(=O)O. The lowest BCUT2D eigenvalue weighted by Gasteiger charge is -2.05. The predicted molar refractivity (Wildman–Crippen MR) is 124 cm³/mol. The third kappa shape index (κ3) is 35.7. The molecular formula is C18H38Cl2N4O8. The van der Waals surface area contributed by atoms with E-state index in [1.54, 1.807) is 0 Å². The van der Waals surface area contributed by atoms with Crippen molar-refractivity contribution in [1.82, 2.24) is 21.3 Å². The number of methoxy groups -OCH3 is 2. The Balaban J connectivity index is -0.000000232. The van der Waals surface area contributed by atoms with Gasteiger partial charge in [-0.2, -0.15) is 0 Å². The summed E-state index contributed by atoms with van der Waals surface area (Å²) in [6.45, 7) is 4.87. The van der Waals surface area contributed by atoms with Crippen molar-refractivity contribution in [1.29, 1.82) is 0 Å². The summed E-state index contributed by atoms with van der Waals surface area (Å²) >= 11 is 0. The predicted octanol–water partition coefficient (Wildman–Crippen LogP) is -0.750. The second-order valence-corrected chi connectivity index (χ2v) is 5.94. The van der Waals surface area contributed by atoms with E-state index in [1.807, 2.05) is 0 Å². The lowest BCUT2D eigenvalue weighted by Crippen LogP contribution is -2.30. The number of nitrogens with one attached hydrogen (secondary N) is 4. The van der Waals surface area contributed by atoms with Crippen LogP contribution in [0.2, 0.25) is 0 Å². The Labute approximate surface area is 201 Å². The first-order valence-electron chi connectivity index (χ1n) is 9.73. The number of hydrogen-bond donors (Lipinski definition) is 6. The second-order valence-electron chi connectivity index (χ2n) is 5.94. The summed E-state index contributed by atoms with van der Waals surface area (Å²) in [6, 6.07) is 0. The molecule has 192 valence electrons. The Bertz CT molecular complexity index is 446. The van der Waals surface area contributed by atoms with Crippen LogP contribution >= 0.6 is 24.8 Å². The van der Waals surface area contributed by atoms with Crippen LogP contribution in [-0.2, 0) is 28.7 Å². The molecule has 0 aromatic rings. The molecule has 0 aliphatic heterocycles. The molecule has 0 spiro atoms. The number of carbonyl (C=O) groups excluding carboxylic acids is 2. The van der Waals surface area contributed by atoms with E-state index in [-0.39, 0.29) is 49.6 Å². The number of ether oxygens (including phenoxy) is 2. The minimum absolute atomic E-state index is 0. The van der Waals surface area contributed by atoms with Crippen molar-refractivity contribution >= 4 is 48.7 Å². The van der Waals surface area contributed by atoms with Crippen molar-refractivity contribution in [3.63, 3.8) is 0 Å². The highest BCUT2D eigenvalue weighted by atomic mass is 35.5. The number of carboxylic acid groups (broad SMARTS) is 2. The molecule has 0 saturated carbocycles. The number of rotatable bonds is 18. The number of aliphatic carboxylic acids is 2. The highest BCUT2D eigenvalue weighted by Crippen LogP contribution is 1.82. The molecule has 0 aromatic carbocycles. The van der Waals surface area contributed by atoms with Gasteiger partial charge in [-0.3, -0.25) is 19.2 Å². The maximum Gasteiger partial charge on any atom is 0.306 e. The van der Waals surface area contributed by atoms with Crippen molar-refractivity contribution in [2.75, 3.05) is 66.6 Å². The fourth-order valence-corrected chi connectivity index (χ4v) is 1.83. The molecule has 0 atom stereocenters. The largest absolute Gasteiger partial charge is 0.481 e. The fraction of sp³-hybridized carbons (Fsp3) is 0.778. The summed E-state index contributed by atoms with van der Waals surface area (Å²) < 4.78 is 8.98. The number of carbonyl (C=O) groups is 4. The Morgan fingerprint density at radius 3 is 1.00 bits per heavy atom. The van der Waals surface area contributed by atoms with Crippen LogP contribution < -0.4 is 21.3 Å². The number of esters is 2. The second kappa shape index (κ2) is 29.3. The van der Waals surface area contributed by atoms with Crippen molar-refractivity contribution in [3.8, 4) is 0 Å². The van der Waals surface area contributed by atoms with Crippen molar-refractivity contribution in [2.24, 2.45) is 0 Å². The topological polar surface area (TPSA) is 175 Å². The third-order valence-electron chi connectivity index (χ3n) is 3.46. The molecule has 0 radical (unpaired) electrons. The highest BCUT2D eigenvalue weighted by molar-refractivity contribution is 5.85. The molecule has 14 heteroatoms. The normalized spacial score (nSPS) is 9.31. The Morgan fingerprint density at radius 1 is 0.531 bits per heavy atom. The van der Waals surface area contributed by atoms with Gasteiger partial charge in [0.05, 0.1) is 39.9 Å². The van der Waals surface area contributed by atoms with Crippen LogP contribution in [-0.4, -0.2) is 101 Å². The van der Waals surface area contributed by atoms with Crippen LogP contribution in [0.3, 0.4) is 0 Å². The molecule has 0 heterocycles. The van der Waals surface area contributed by atoms with Gasteiger partial charge < -0.3 is 41.0 Å². The van der Waals surface area contributed by atoms with E-state index < -0.39 is 11.9 Å². The standard InChI is InChI=1S/C10H20N2O4.C8H16N2O4.2ClH/c1-15-9(13)3-5-11-7-8-12-6-4-10(14)16-2;11-7(12)1-3-9-5-6-10-4-2-8(13)14;;/h11-12H,3-8H2,1-2H3;9-10H,1-6H2,(H,11,12)(H,13,14);2*1H. The van der Waals surface area contributed by atoms with Crippen LogP contribution in [0.4, 0.5) is 0 Å². The highest BCUT2D eigenvalue weighted by Gasteiger charge is 2.00. The number of carboxylic acids is 2. The molecule has 32 heavy (non-hydrogen) atoms. The molecule has 12 nitrogen and oxygen atoms in total. The molecule has 0 unspecified atom stereocenters. The van der Waals surface area contributed by atoms with Crippen molar-refractivity contribution in [2.45, 2.75) is 25.7 Å². The maximum atomic E-state index is 10.7. The van der Waals surface area contributed by atoms with Crippen LogP contribution in [0.5, 0.6) is 0 Å². The first-order chi connectivity index (χ1) is 14.3. The van der Waals surface area contributed by atoms with Gasteiger partial charge in [-0.25, -0.2) is 0 Å². The molecule has 0 bridgehead atoms. The van der Waals surface area contributed by atoms with Gasteiger partial charge in [-0.1, -0.05) is 0 Å². The molecular weight excluding hydrogens is 471 g/mol. The summed E-state index contributed by atoms with van der Waals surface area (Å²) in [5.41, 5.74) is 0. The van der Waals surface area contributed by atoms with E-state index in [2.05, 4.69) is 30.7 Å². The zero-order valence-electron chi connectivity index (χ0n) is 18.6. The average Bonchev–Trinajstić information content (AvgIpc) is 2.71. The van der Waals surface area contributed by atoms with E-state index in [4.69, 9.17) is 10.2 Å². The van der Waals surface area contributed by atoms with Crippen LogP contribution in [0, 0.1) is 0 Å². The van der Waals surface area contributed by atoms with Crippen molar-refractivity contribution < 1.29 is 38.9 Å². The first kappa shape index (κ1) is 37.6. The average molecular weight is 509 g/mol. The molecule has 0 aliphatic rings. The fourth-order valence-electron chi connectivity index (χ4n) is 1.83.